The molecule has 0 aromatic carbocycles. The molecule has 0 spiro atoms. The number of thiophene rings is 1. The lowest BCUT2D eigenvalue weighted by Crippen LogP contribution is -2.57. The van der Waals surface area contributed by atoms with E-state index in [4.69, 9.17) is 0 Å². The van der Waals surface area contributed by atoms with E-state index in [9.17, 15) is 4.79 Å². The second kappa shape index (κ2) is 5.99. The van der Waals surface area contributed by atoms with Crippen molar-refractivity contribution in [1.29, 1.82) is 0 Å². The lowest BCUT2D eigenvalue weighted by atomic mass is 9.54. The van der Waals surface area contributed by atoms with E-state index in [0.29, 0.717) is 18.4 Å². The van der Waals surface area contributed by atoms with Crippen molar-refractivity contribution < 1.29 is 4.79 Å². The van der Waals surface area contributed by atoms with Gasteiger partial charge < -0.3 is 4.90 Å². The predicted octanol–water partition coefficient (Wildman–Crippen LogP) is 4.35. The van der Waals surface area contributed by atoms with Gasteiger partial charge in [0.25, 0.3) is 0 Å². The summed E-state index contributed by atoms with van der Waals surface area (Å²) in [5.74, 6) is 3.98. The molecule has 0 saturated heterocycles. The van der Waals surface area contributed by atoms with Crippen LogP contribution in [0.4, 0.5) is 0 Å². The molecule has 0 atom stereocenters. The molecule has 1 amide bonds. The van der Waals surface area contributed by atoms with Crippen LogP contribution in [0.5, 0.6) is 0 Å². The van der Waals surface area contributed by atoms with E-state index in [1.54, 1.807) is 11.3 Å². The molecule has 0 N–H and O–H groups in total. The zero-order valence-electron chi connectivity index (χ0n) is 13.5. The summed E-state index contributed by atoms with van der Waals surface area (Å²) in [5.41, 5.74) is 1.32. The molecule has 4 aliphatic rings. The van der Waals surface area contributed by atoms with Gasteiger partial charge in [0.05, 0.1) is 0 Å². The monoisotopic (exact) mass is 317 g/mol. The Balaban J connectivity index is 1.43. The van der Waals surface area contributed by atoms with Crippen LogP contribution in [0.1, 0.15) is 51.0 Å². The lowest BCUT2D eigenvalue weighted by molar-refractivity contribution is -0.143. The maximum Gasteiger partial charge on any atom is 0.223 e. The van der Waals surface area contributed by atoms with Gasteiger partial charge in [-0.05, 0) is 91.5 Å². The molecule has 120 valence electrons. The second-order valence-electron chi connectivity index (χ2n) is 7.73. The van der Waals surface area contributed by atoms with Gasteiger partial charge in [-0.25, -0.2) is 0 Å². The van der Waals surface area contributed by atoms with Gasteiger partial charge in [-0.15, -0.1) is 0 Å². The molecule has 22 heavy (non-hydrogen) atoms. The summed E-state index contributed by atoms with van der Waals surface area (Å²) in [6, 6.07) is 2.71. The van der Waals surface area contributed by atoms with Crippen molar-refractivity contribution in [3.63, 3.8) is 0 Å². The Kier molecular flexibility index (Phi) is 4.02. The molecule has 1 aromatic rings. The number of aryl methyl sites for hydroxylation is 1. The fraction of sp³-hybridized carbons (Fsp3) is 0.737. The lowest BCUT2D eigenvalue weighted by Gasteiger charge is -2.57. The number of hydrogen-bond donors (Lipinski definition) is 0. The molecule has 1 aromatic heterocycles. The van der Waals surface area contributed by atoms with Gasteiger partial charge in [0.15, 0.2) is 0 Å². The Morgan fingerprint density at radius 3 is 2.41 bits per heavy atom. The third-order valence-electron chi connectivity index (χ3n) is 6.41. The average Bonchev–Trinajstić information content (AvgIpc) is 3.01. The molecule has 2 nitrogen and oxygen atoms in total. The number of carbonyl (C=O) groups is 1. The smallest absolute Gasteiger partial charge is 0.223 e. The Hall–Kier alpha value is -0.830. The predicted molar refractivity (Wildman–Crippen MR) is 90.9 cm³/mol. The van der Waals surface area contributed by atoms with Crippen LogP contribution in [-0.2, 0) is 11.2 Å². The van der Waals surface area contributed by atoms with Crippen LogP contribution in [0.15, 0.2) is 16.8 Å². The highest BCUT2D eigenvalue weighted by atomic mass is 32.1. The highest BCUT2D eigenvalue weighted by Gasteiger charge is 2.50. The number of amides is 1. The fourth-order valence-corrected chi connectivity index (χ4v) is 6.49. The van der Waals surface area contributed by atoms with Crippen LogP contribution in [0.2, 0.25) is 0 Å². The van der Waals surface area contributed by atoms with E-state index in [1.807, 2.05) is 0 Å². The van der Waals surface area contributed by atoms with Crippen LogP contribution >= 0.6 is 11.3 Å². The summed E-state index contributed by atoms with van der Waals surface area (Å²) >= 11 is 1.73. The largest absolute Gasteiger partial charge is 0.339 e. The van der Waals surface area contributed by atoms with Gasteiger partial charge in [-0.3, -0.25) is 4.79 Å². The van der Waals surface area contributed by atoms with Crippen LogP contribution in [0.3, 0.4) is 0 Å². The van der Waals surface area contributed by atoms with E-state index in [2.05, 4.69) is 28.7 Å². The summed E-state index contributed by atoms with van der Waals surface area (Å²) in [5, 5.41) is 4.28. The number of rotatable bonds is 5. The summed E-state index contributed by atoms with van der Waals surface area (Å²) in [6.07, 6.45) is 8.66. The molecule has 5 rings (SSSR count). The molecule has 4 fully saturated rings. The summed E-state index contributed by atoms with van der Waals surface area (Å²) < 4.78 is 0. The minimum Gasteiger partial charge on any atom is -0.339 e. The van der Waals surface area contributed by atoms with Gasteiger partial charge in [-0.1, -0.05) is 0 Å². The first-order chi connectivity index (χ1) is 10.7. The highest BCUT2D eigenvalue weighted by molar-refractivity contribution is 7.07. The van der Waals surface area contributed by atoms with Crippen molar-refractivity contribution in [1.82, 2.24) is 4.90 Å². The van der Waals surface area contributed by atoms with Crippen LogP contribution in [0.25, 0.3) is 0 Å². The molecule has 4 aliphatic carbocycles. The Labute approximate surface area is 137 Å². The third-order valence-corrected chi connectivity index (χ3v) is 7.14. The molecule has 0 unspecified atom stereocenters. The van der Waals surface area contributed by atoms with Gasteiger partial charge in [0, 0.05) is 19.0 Å². The second-order valence-corrected chi connectivity index (χ2v) is 8.51. The standard InChI is InChI=1S/C19H27NOS/c1-2-20(18(21)4-3-13-5-6-22-12-13)19-16-8-14-7-15(10-16)11-17(19)9-14/h5-6,12,14-17,19H,2-4,7-11H2,1H3. The molecule has 0 aliphatic heterocycles. The van der Waals surface area contributed by atoms with E-state index in [0.717, 1.165) is 36.6 Å². The van der Waals surface area contributed by atoms with Crippen molar-refractivity contribution >= 4 is 17.2 Å². The van der Waals surface area contributed by atoms with Gasteiger partial charge in [0.2, 0.25) is 5.91 Å². The molecule has 4 saturated carbocycles. The average molecular weight is 317 g/mol. The summed E-state index contributed by atoms with van der Waals surface area (Å²) in [6.45, 7) is 3.07. The van der Waals surface area contributed by atoms with Crippen molar-refractivity contribution in [3.05, 3.63) is 22.4 Å². The quantitative estimate of drug-likeness (QED) is 0.790. The van der Waals surface area contributed by atoms with Crippen molar-refractivity contribution in [2.75, 3.05) is 6.54 Å². The highest BCUT2D eigenvalue weighted by Crippen LogP contribution is 2.55. The summed E-state index contributed by atoms with van der Waals surface area (Å²) in [7, 11) is 0. The first-order valence-electron chi connectivity index (χ1n) is 9.05. The number of hydrogen-bond acceptors (Lipinski definition) is 2. The Bertz CT molecular complexity index is 496. The molecule has 3 heteroatoms. The zero-order valence-corrected chi connectivity index (χ0v) is 14.4. The van der Waals surface area contributed by atoms with Crippen LogP contribution in [-0.4, -0.2) is 23.4 Å². The van der Waals surface area contributed by atoms with Crippen LogP contribution in [0, 0.1) is 23.7 Å². The third kappa shape index (κ3) is 2.62. The Morgan fingerprint density at radius 1 is 1.18 bits per heavy atom. The van der Waals surface area contributed by atoms with Gasteiger partial charge in [0.1, 0.15) is 0 Å². The SMILES string of the molecule is CCN(C(=O)CCc1ccsc1)C1C2CC3CC(C2)CC1C3. The zero-order chi connectivity index (χ0) is 15.1. The molecule has 1 heterocycles. The van der Waals surface area contributed by atoms with Gasteiger partial charge in [-0.2, -0.15) is 11.3 Å². The van der Waals surface area contributed by atoms with Gasteiger partial charge >= 0.3 is 0 Å². The minimum absolute atomic E-state index is 0.395. The number of carbonyl (C=O) groups excluding carboxylic acids is 1. The normalized spacial score (nSPS) is 35.8. The minimum atomic E-state index is 0.395. The van der Waals surface area contributed by atoms with E-state index in [-0.39, 0.29) is 0 Å². The maximum absolute atomic E-state index is 12.8. The Morgan fingerprint density at radius 2 is 1.86 bits per heavy atom. The van der Waals surface area contributed by atoms with Crippen molar-refractivity contribution in [2.24, 2.45) is 23.7 Å². The summed E-state index contributed by atoms with van der Waals surface area (Å²) in [4.78, 5) is 15.1. The van der Waals surface area contributed by atoms with Crippen molar-refractivity contribution in [3.8, 4) is 0 Å². The molecular formula is C19H27NOS. The number of nitrogens with zero attached hydrogens (tertiary/aromatic N) is 1. The molecule has 4 bridgehead atoms. The molecule has 0 radical (unpaired) electrons. The fourth-order valence-electron chi connectivity index (χ4n) is 5.79. The van der Waals surface area contributed by atoms with E-state index in [1.165, 1.54) is 37.7 Å². The van der Waals surface area contributed by atoms with E-state index < -0.39 is 0 Å². The first-order valence-corrected chi connectivity index (χ1v) is 9.99. The van der Waals surface area contributed by atoms with E-state index >= 15 is 0 Å². The molecular weight excluding hydrogens is 290 g/mol. The van der Waals surface area contributed by atoms with Crippen LogP contribution < -0.4 is 0 Å². The maximum atomic E-state index is 12.8. The van der Waals surface area contributed by atoms with Crippen molar-refractivity contribution in [2.45, 2.75) is 57.9 Å². The first kappa shape index (κ1) is 14.7. The topological polar surface area (TPSA) is 20.3 Å².